The summed E-state index contributed by atoms with van der Waals surface area (Å²) in [5.74, 6) is -0.789. The van der Waals surface area contributed by atoms with Gasteiger partial charge in [0.25, 0.3) is 0 Å². The van der Waals surface area contributed by atoms with E-state index in [0.717, 1.165) is 6.07 Å². The fourth-order valence-electron chi connectivity index (χ4n) is 2.01. The number of carbonyl (C=O) groups is 1. The second-order valence-electron chi connectivity index (χ2n) is 5.21. The first kappa shape index (κ1) is 21.7. The van der Waals surface area contributed by atoms with Crippen molar-refractivity contribution in [2.75, 3.05) is 6.61 Å². The molecule has 0 saturated heterocycles. The predicted molar refractivity (Wildman–Crippen MR) is 86.7 cm³/mol. The van der Waals surface area contributed by atoms with Gasteiger partial charge in [-0.25, -0.2) is 8.42 Å². The number of sulfonamides is 1. The molecule has 5 nitrogen and oxygen atoms in total. The van der Waals surface area contributed by atoms with E-state index in [1.165, 1.54) is 0 Å². The zero-order valence-corrected chi connectivity index (χ0v) is 15.3. The number of rotatable bonds is 8. The molecule has 1 aromatic rings. The molecular formula is C15H19ClF3NO4S. The Morgan fingerprint density at radius 1 is 1.32 bits per heavy atom. The van der Waals surface area contributed by atoms with Gasteiger partial charge in [0.15, 0.2) is 0 Å². The van der Waals surface area contributed by atoms with Crippen molar-refractivity contribution in [2.45, 2.75) is 50.2 Å². The number of esters is 1. The fraction of sp³-hybridized carbons (Fsp3) is 0.533. The van der Waals surface area contributed by atoms with Gasteiger partial charge in [0.2, 0.25) is 10.0 Å². The van der Waals surface area contributed by atoms with Crippen LogP contribution in [-0.2, 0) is 25.7 Å². The van der Waals surface area contributed by atoms with E-state index in [1.807, 2.05) is 6.92 Å². The van der Waals surface area contributed by atoms with Crippen molar-refractivity contribution in [3.63, 3.8) is 0 Å². The van der Waals surface area contributed by atoms with Crippen LogP contribution in [-0.4, -0.2) is 27.0 Å². The minimum absolute atomic E-state index is 0.0491. The highest BCUT2D eigenvalue weighted by molar-refractivity contribution is 7.89. The molecule has 10 heteroatoms. The Balaban J connectivity index is 3.19. The lowest BCUT2D eigenvalue weighted by molar-refractivity contribution is -0.145. The molecular weight excluding hydrogens is 383 g/mol. The van der Waals surface area contributed by atoms with Gasteiger partial charge in [-0.3, -0.25) is 4.79 Å². The van der Waals surface area contributed by atoms with Gasteiger partial charge in [0.1, 0.15) is 10.9 Å². The fourth-order valence-corrected chi connectivity index (χ4v) is 3.76. The molecule has 0 radical (unpaired) electrons. The van der Waals surface area contributed by atoms with Gasteiger partial charge in [0.05, 0.1) is 17.2 Å². The molecule has 0 fully saturated rings. The van der Waals surface area contributed by atoms with Crippen LogP contribution < -0.4 is 4.72 Å². The molecule has 1 N–H and O–H groups in total. The summed E-state index contributed by atoms with van der Waals surface area (Å²) in [6, 6.07) is 0.772. The normalized spacial score (nSPS) is 13.5. The minimum Gasteiger partial charge on any atom is -0.465 e. The van der Waals surface area contributed by atoms with E-state index < -0.39 is 38.7 Å². The number of carbonyl (C=O) groups excluding carboxylic acids is 1. The lowest BCUT2D eigenvalue weighted by Crippen LogP contribution is -2.42. The van der Waals surface area contributed by atoms with E-state index in [1.54, 1.807) is 6.92 Å². The summed E-state index contributed by atoms with van der Waals surface area (Å²) in [6.07, 6.45) is -3.34. The van der Waals surface area contributed by atoms with Crippen LogP contribution in [0.3, 0.4) is 0 Å². The molecule has 0 amide bonds. The molecule has 0 aliphatic carbocycles. The average Bonchev–Trinajstić information content (AvgIpc) is 2.50. The SMILES string of the molecule is CCCCC(NS(=O)(=O)c1cc(C(F)(F)F)ccc1Cl)C(=O)OCC. The Hall–Kier alpha value is -1.32. The number of halogens is 4. The summed E-state index contributed by atoms with van der Waals surface area (Å²) in [4.78, 5) is 11.2. The quantitative estimate of drug-likeness (QED) is 0.673. The number of nitrogens with one attached hydrogen (secondary N) is 1. The summed E-state index contributed by atoms with van der Waals surface area (Å²) in [5, 5.41) is -0.376. The smallest absolute Gasteiger partial charge is 0.416 e. The molecule has 1 aromatic carbocycles. The molecule has 0 aliphatic heterocycles. The average molecular weight is 402 g/mol. The van der Waals surface area contributed by atoms with Crippen LogP contribution in [0.1, 0.15) is 38.7 Å². The summed E-state index contributed by atoms with van der Waals surface area (Å²) in [6.45, 7) is 3.46. The highest BCUT2D eigenvalue weighted by Crippen LogP contribution is 2.33. The second-order valence-corrected chi connectivity index (χ2v) is 7.30. The Labute approximate surface area is 149 Å². The van der Waals surface area contributed by atoms with Crippen LogP contribution in [0.5, 0.6) is 0 Å². The van der Waals surface area contributed by atoms with E-state index in [9.17, 15) is 26.4 Å². The molecule has 25 heavy (non-hydrogen) atoms. The predicted octanol–water partition coefficient (Wildman–Crippen LogP) is 3.76. The van der Waals surface area contributed by atoms with Gasteiger partial charge in [-0.2, -0.15) is 17.9 Å². The molecule has 142 valence electrons. The number of benzene rings is 1. The zero-order valence-electron chi connectivity index (χ0n) is 13.7. The molecule has 0 saturated carbocycles. The first-order chi connectivity index (χ1) is 11.5. The molecule has 0 spiro atoms. The van der Waals surface area contributed by atoms with Crippen LogP contribution >= 0.6 is 11.6 Å². The van der Waals surface area contributed by atoms with Crippen LogP contribution in [0.2, 0.25) is 5.02 Å². The summed E-state index contributed by atoms with van der Waals surface area (Å²) in [7, 11) is -4.45. The van der Waals surface area contributed by atoms with E-state index in [4.69, 9.17) is 16.3 Å². The Bertz CT molecular complexity index is 707. The van der Waals surface area contributed by atoms with Crippen LogP contribution in [0, 0.1) is 0 Å². The van der Waals surface area contributed by atoms with E-state index >= 15 is 0 Å². The first-order valence-electron chi connectivity index (χ1n) is 7.58. The van der Waals surface area contributed by atoms with Gasteiger partial charge < -0.3 is 4.74 Å². The first-order valence-corrected chi connectivity index (χ1v) is 9.44. The third-order valence-electron chi connectivity index (χ3n) is 3.26. The van der Waals surface area contributed by atoms with Crippen molar-refractivity contribution in [2.24, 2.45) is 0 Å². The lowest BCUT2D eigenvalue weighted by atomic mass is 10.1. The van der Waals surface area contributed by atoms with Crippen molar-refractivity contribution in [3.8, 4) is 0 Å². The van der Waals surface area contributed by atoms with Crippen molar-refractivity contribution in [3.05, 3.63) is 28.8 Å². The minimum atomic E-state index is -4.72. The highest BCUT2D eigenvalue weighted by atomic mass is 35.5. The number of hydrogen-bond donors (Lipinski definition) is 1. The third-order valence-corrected chi connectivity index (χ3v) is 5.22. The molecule has 0 heterocycles. The molecule has 1 atom stereocenters. The Morgan fingerprint density at radius 3 is 2.48 bits per heavy atom. The van der Waals surface area contributed by atoms with Crippen molar-refractivity contribution >= 4 is 27.6 Å². The van der Waals surface area contributed by atoms with Gasteiger partial charge in [-0.1, -0.05) is 31.4 Å². The third kappa shape index (κ3) is 6.16. The van der Waals surface area contributed by atoms with Gasteiger partial charge in [0, 0.05) is 0 Å². The standard InChI is InChI=1S/C15H19ClF3NO4S/c1-3-5-6-12(14(21)24-4-2)20-25(22,23)13-9-10(15(17,18)19)7-8-11(13)16/h7-9,12,20H,3-6H2,1-2H3. The number of alkyl halides is 3. The van der Waals surface area contributed by atoms with Crippen molar-refractivity contribution in [1.29, 1.82) is 0 Å². The molecule has 0 aromatic heterocycles. The van der Waals surface area contributed by atoms with Gasteiger partial charge >= 0.3 is 12.1 Å². The van der Waals surface area contributed by atoms with Crippen LogP contribution in [0.25, 0.3) is 0 Å². The molecule has 0 aliphatic rings. The molecule has 1 rings (SSSR count). The Kier molecular flexibility index (Phi) is 7.70. The maximum atomic E-state index is 12.8. The molecule has 1 unspecified atom stereocenters. The Morgan fingerprint density at radius 2 is 1.96 bits per heavy atom. The highest BCUT2D eigenvalue weighted by Gasteiger charge is 2.34. The monoisotopic (exact) mass is 401 g/mol. The number of hydrogen-bond acceptors (Lipinski definition) is 4. The van der Waals surface area contributed by atoms with Crippen LogP contribution in [0.15, 0.2) is 23.1 Å². The summed E-state index contributed by atoms with van der Waals surface area (Å²) < 4.78 is 70.2. The maximum absolute atomic E-state index is 12.8. The van der Waals surface area contributed by atoms with Crippen LogP contribution in [0.4, 0.5) is 13.2 Å². The number of unbranched alkanes of at least 4 members (excludes halogenated alkanes) is 1. The molecule has 0 bridgehead atoms. The van der Waals surface area contributed by atoms with E-state index in [-0.39, 0.29) is 18.1 Å². The number of ether oxygens (including phenoxy) is 1. The summed E-state index contributed by atoms with van der Waals surface area (Å²) in [5.41, 5.74) is -1.15. The zero-order chi connectivity index (χ0) is 19.3. The van der Waals surface area contributed by atoms with Gasteiger partial charge in [-0.05, 0) is 31.5 Å². The summed E-state index contributed by atoms with van der Waals surface area (Å²) >= 11 is 5.76. The largest absolute Gasteiger partial charge is 0.465 e. The van der Waals surface area contributed by atoms with Crippen molar-refractivity contribution in [1.82, 2.24) is 4.72 Å². The lowest BCUT2D eigenvalue weighted by Gasteiger charge is -2.18. The van der Waals surface area contributed by atoms with Crippen molar-refractivity contribution < 1.29 is 31.1 Å². The topological polar surface area (TPSA) is 72.5 Å². The van der Waals surface area contributed by atoms with E-state index in [2.05, 4.69) is 4.72 Å². The maximum Gasteiger partial charge on any atom is 0.416 e. The van der Waals surface area contributed by atoms with E-state index in [0.29, 0.717) is 25.0 Å². The second kappa shape index (κ2) is 8.86. The van der Waals surface area contributed by atoms with Gasteiger partial charge in [-0.15, -0.1) is 0 Å².